The molecule has 0 saturated carbocycles. The van der Waals surface area contributed by atoms with E-state index in [9.17, 15) is 9.90 Å². The number of rotatable bonds is 3. The molecular formula is C15H14O3. The number of carboxylic acids is 1. The minimum absolute atomic E-state index is 0.104. The van der Waals surface area contributed by atoms with Crippen molar-refractivity contribution in [3.8, 4) is 16.9 Å². The molecule has 0 aliphatic heterocycles. The van der Waals surface area contributed by atoms with E-state index in [0.29, 0.717) is 11.1 Å². The summed E-state index contributed by atoms with van der Waals surface area (Å²) in [6.45, 7) is 1.60. The van der Waals surface area contributed by atoms with Gasteiger partial charge in [-0.1, -0.05) is 42.5 Å². The predicted octanol–water partition coefficient (Wildman–Crippen LogP) is 3.25. The molecule has 0 heterocycles. The van der Waals surface area contributed by atoms with Crippen molar-refractivity contribution in [1.29, 1.82) is 0 Å². The average Bonchev–Trinajstić information content (AvgIpc) is 2.38. The summed E-state index contributed by atoms with van der Waals surface area (Å²) in [5, 5.41) is 18.9. The number of phenolic OH excluding ortho intramolecular Hbond substituents is 1. The average molecular weight is 242 g/mol. The van der Waals surface area contributed by atoms with Crippen molar-refractivity contribution in [3.05, 3.63) is 54.1 Å². The van der Waals surface area contributed by atoms with Crippen molar-refractivity contribution in [2.24, 2.45) is 0 Å². The van der Waals surface area contributed by atoms with E-state index in [1.807, 2.05) is 30.3 Å². The van der Waals surface area contributed by atoms with Crippen molar-refractivity contribution >= 4 is 5.97 Å². The molecular weight excluding hydrogens is 228 g/mol. The first-order valence-electron chi connectivity index (χ1n) is 5.70. The zero-order valence-corrected chi connectivity index (χ0v) is 10.00. The van der Waals surface area contributed by atoms with Crippen molar-refractivity contribution in [3.63, 3.8) is 0 Å². The second-order valence-corrected chi connectivity index (χ2v) is 4.20. The number of benzene rings is 2. The molecule has 0 spiro atoms. The molecule has 2 rings (SSSR count). The second-order valence-electron chi connectivity index (χ2n) is 4.20. The fourth-order valence-corrected chi connectivity index (χ4v) is 1.82. The molecule has 92 valence electrons. The van der Waals surface area contributed by atoms with Gasteiger partial charge in [0.05, 0.1) is 5.92 Å². The molecule has 18 heavy (non-hydrogen) atoms. The van der Waals surface area contributed by atoms with Gasteiger partial charge in [0.25, 0.3) is 0 Å². The van der Waals surface area contributed by atoms with Gasteiger partial charge in [-0.05, 0) is 24.1 Å². The van der Waals surface area contributed by atoms with Gasteiger partial charge in [-0.3, -0.25) is 4.79 Å². The van der Waals surface area contributed by atoms with Crippen LogP contribution in [0.4, 0.5) is 0 Å². The Hall–Kier alpha value is -2.29. The Bertz CT molecular complexity index is 561. The Kier molecular flexibility index (Phi) is 3.33. The maximum atomic E-state index is 10.9. The molecule has 0 bridgehead atoms. The van der Waals surface area contributed by atoms with E-state index >= 15 is 0 Å². The molecule has 0 aliphatic carbocycles. The maximum absolute atomic E-state index is 10.9. The molecule has 0 saturated heterocycles. The highest BCUT2D eigenvalue weighted by Gasteiger charge is 2.15. The molecule has 0 amide bonds. The number of aliphatic carboxylic acids is 1. The Morgan fingerprint density at radius 1 is 1.11 bits per heavy atom. The highest BCUT2D eigenvalue weighted by Crippen LogP contribution is 2.31. The molecule has 3 heteroatoms. The van der Waals surface area contributed by atoms with Crippen LogP contribution in [0.2, 0.25) is 0 Å². The van der Waals surface area contributed by atoms with Crippen LogP contribution in [0, 0.1) is 0 Å². The number of carboxylic acid groups (broad SMARTS) is 1. The number of phenols is 1. The van der Waals surface area contributed by atoms with Gasteiger partial charge in [0, 0.05) is 5.56 Å². The lowest BCUT2D eigenvalue weighted by molar-refractivity contribution is -0.138. The van der Waals surface area contributed by atoms with Crippen LogP contribution in [-0.2, 0) is 4.79 Å². The highest BCUT2D eigenvalue weighted by atomic mass is 16.4. The van der Waals surface area contributed by atoms with Crippen LogP contribution in [0.15, 0.2) is 48.5 Å². The summed E-state index contributed by atoms with van der Waals surface area (Å²) in [5.74, 6) is -1.42. The molecule has 1 atom stereocenters. The monoisotopic (exact) mass is 242 g/mol. The fourth-order valence-electron chi connectivity index (χ4n) is 1.82. The maximum Gasteiger partial charge on any atom is 0.310 e. The number of hydrogen-bond donors (Lipinski definition) is 2. The summed E-state index contributed by atoms with van der Waals surface area (Å²) in [6, 6.07) is 14.5. The van der Waals surface area contributed by atoms with Gasteiger partial charge < -0.3 is 10.2 Å². The zero-order chi connectivity index (χ0) is 13.1. The van der Waals surface area contributed by atoms with Crippen LogP contribution in [-0.4, -0.2) is 16.2 Å². The van der Waals surface area contributed by atoms with Gasteiger partial charge in [-0.2, -0.15) is 0 Å². The van der Waals surface area contributed by atoms with Gasteiger partial charge in [0.2, 0.25) is 0 Å². The van der Waals surface area contributed by atoms with Crippen LogP contribution in [0.5, 0.6) is 5.75 Å². The van der Waals surface area contributed by atoms with E-state index < -0.39 is 11.9 Å². The summed E-state index contributed by atoms with van der Waals surface area (Å²) >= 11 is 0. The molecule has 2 aromatic rings. The Balaban J connectivity index is 2.40. The number of carbonyl (C=O) groups is 1. The number of aromatic hydroxyl groups is 1. The molecule has 2 aromatic carbocycles. The molecule has 0 radical (unpaired) electrons. The zero-order valence-electron chi connectivity index (χ0n) is 10.00. The molecule has 2 N–H and O–H groups in total. The third-order valence-corrected chi connectivity index (χ3v) is 2.98. The van der Waals surface area contributed by atoms with E-state index in [2.05, 4.69) is 0 Å². The van der Waals surface area contributed by atoms with E-state index in [1.54, 1.807) is 19.1 Å². The minimum Gasteiger partial charge on any atom is -0.507 e. The van der Waals surface area contributed by atoms with Gasteiger partial charge in [0.15, 0.2) is 0 Å². The first-order valence-corrected chi connectivity index (χ1v) is 5.70. The van der Waals surface area contributed by atoms with Crippen molar-refractivity contribution in [2.45, 2.75) is 12.8 Å². The molecule has 3 nitrogen and oxygen atoms in total. The van der Waals surface area contributed by atoms with Gasteiger partial charge in [0.1, 0.15) is 5.75 Å². The van der Waals surface area contributed by atoms with Crippen LogP contribution in [0.25, 0.3) is 11.1 Å². The summed E-state index contributed by atoms with van der Waals surface area (Å²) < 4.78 is 0. The third kappa shape index (κ3) is 2.35. The Labute approximate surface area is 105 Å². The standard InChI is InChI=1S/C15H14O3/c1-10(15(17)18)12-7-8-13(14(16)9-12)11-5-3-2-4-6-11/h2-10,16H,1H3,(H,17,18). The summed E-state index contributed by atoms with van der Waals surface area (Å²) in [5.41, 5.74) is 2.21. The van der Waals surface area contributed by atoms with Crippen LogP contribution < -0.4 is 0 Å². The molecule has 0 fully saturated rings. The normalized spacial score (nSPS) is 12.1. The molecule has 1 unspecified atom stereocenters. The van der Waals surface area contributed by atoms with Crippen molar-refractivity contribution < 1.29 is 15.0 Å². The third-order valence-electron chi connectivity index (χ3n) is 2.98. The first kappa shape index (κ1) is 12.2. The summed E-state index contributed by atoms with van der Waals surface area (Å²) in [6.07, 6.45) is 0. The lowest BCUT2D eigenvalue weighted by Crippen LogP contribution is -2.07. The van der Waals surface area contributed by atoms with E-state index in [4.69, 9.17) is 5.11 Å². The van der Waals surface area contributed by atoms with Gasteiger partial charge in [-0.15, -0.1) is 0 Å². The fraction of sp³-hybridized carbons (Fsp3) is 0.133. The Morgan fingerprint density at radius 3 is 2.33 bits per heavy atom. The smallest absolute Gasteiger partial charge is 0.310 e. The summed E-state index contributed by atoms with van der Waals surface area (Å²) in [4.78, 5) is 10.9. The van der Waals surface area contributed by atoms with E-state index in [0.717, 1.165) is 5.56 Å². The van der Waals surface area contributed by atoms with Crippen molar-refractivity contribution in [1.82, 2.24) is 0 Å². The largest absolute Gasteiger partial charge is 0.507 e. The quantitative estimate of drug-likeness (QED) is 0.868. The van der Waals surface area contributed by atoms with Crippen LogP contribution in [0.3, 0.4) is 0 Å². The SMILES string of the molecule is CC(C(=O)O)c1ccc(-c2ccccc2)c(O)c1. The number of hydrogen-bond acceptors (Lipinski definition) is 2. The van der Waals surface area contributed by atoms with E-state index in [-0.39, 0.29) is 5.75 Å². The second kappa shape index (κ2) is 4.92. The molecule has 0 aliphatic rings. The molecule has 0 aromatic heterocycles. The predicted molar refractivity (Wildman–Crippen MR) is 69.6 cm³/mol. The lowest BCUT2D eigenvalue weighted by atomic mass is 9.97. The van der Waals surface area contributed by atoms with Gasteiger partial charge in [-0.25, -0.2) is 0 Å². The highest BCUT2D eigenvalue weighted by molar-refractivity contribution is 5.77. The first-order chi connectivity index (χ1) is 8.59. The Morgan fingerprint density at radius 2 is 1.78 bits per heavy atom. The van der Waals surface area contributed by atoms with E-state index in [1.165, 1.54) is 6.07 Å². The van der Waals surface area contributed by atoms with Gasteiger partial charge >= 0.3 is 5.97 Å². The topological polar surface area (TPSA) is 57.5 Å². The lowest BCUT2D eigenvalue weighted by Gasteiger charge is -2.10. The van der Waals surface area contributed by atoms with Crippen LogP contribution >= 0.6 is 0 Å². The minimum atomic E-state index is -0.901. The van der Waals surface area contributed by atoms with Crippen LogP contribution in [0.1, 0.15) is 18.4 Å². The van der Waals surface area contributed by atoms with Crippen molar-refractivity contribution in [2.75, 3.05) is 0 Å². The summed E-state index contributed by atoms with van der Waals surface area (Å²) in [7, 11) is 0.